The molecule has 1 fully saturated rings. The first-order chi connectivity index (χ1) is 18.3. The second kappa shape index (κ2) is 10.3. The Hall–Kier alpha value is -3.37. The van der Waals surface area contributed by atoms with Crippen molar-refractivity contribution >= 4 is 28.9 Å². The number of anilines is 1. The number of phenolic OH excluding ortho intramolecular Hbond substituents is 1. The van der Waals surface area contributed by atoms with Gasteiger partial charge in [-0.3, -0.25) is 19.3 Å². The van der Waals surface area contributed by atoms with Crippen LogP contribution in [0, 0.1) is 11.8 Å². The number of ketones is 2. The van der Waals surface area contributed by atoms with Crippen LogP contribution in [0.25, 0.3) is 5.76 Å². The molecule has 212 valence electrons. The zero-order valence-corrected chi connectivity index (χ0v) is 23.2. The fourth-order valence-corrected chi connectivity index (χ4v) is 6.68. The minimum Gasteiger partial charge on any atom is -0.508 e. The maximum Gasteiger partial charge on any atom is 0.255 e. The molecule has 10 nitrogen and oxygen atoms in total. The lowest BCUT2D eigenvalue weighted by Crippen LogP contribution is -2.65. The number of benzene rings is 1. The summed E-state index contributed by atoms with van der Waals surface area (Å²) in [6.07, 6.45) is 4.90. The third-order valence-corrected chi connectivity index (χ3v) is 8.56. The number of phenols is 1. The van der Waals surface area contributed by atoms with E-state index in [1.165, 1.54) is 4.90 Å². The molecule has 1 aromatic rings. The predicted octanol–water partition coefficient (Wildman–Crippen LogP) is 2.15. The minimum atomic E-state index is -2.64. The summed E-state index contributed by atoms with van der Waals surface area (Å²) in [5.41, 5.74) is 4.05. The van der Waals surface area contributed by atoms with E-state index in [4.69, 9.17) is 5.73 Å². The average molecular weight is 542 g/mol. The van der Waals surface area contributed by atoms with Gasteiger partial charge >= 0.3 is 0 Å². The SMILES string of the molecule is CCCCCCc1cc(N(C)C)c2c(c1O)C(O)=C1C(=O)[C@]3(O)C(O)=C(C(N)=O)C(=O)[C@H](N(C)C)[C@H]3C[C@H]1C2. The molecule has 0 bridgehead atoms. The zero-order valence-electron chi connectivity index (χ0n) is 23.2. The Morgan fingerprint density at radius 2 is 1.77 bits per heavy atom. The van der Waals surface area contributed by atoms with Gasteiger partial charge in [0.1, 0.15) is 22.8 Å². The molecule has 4 rings (SSSR count). The molecule has 39 heavy (non-hydrogen) atoms. The van der Waals surface area contributed by atoms with Gasteiger partial charge in [0.05, 0.1) is 11.6 Å². The summed E-state index contributed by atoms with van der Waals surface area (Å²) in [5.74, 6) is -6.35. The van der Waals surface area contributed by atoms with Crippen LogP contribution in [-0.4, -0.2) is 82.6 Å². The number of carbonyl (C=O) groups excluding carboxylic acids is 3. The molecule has 0 aliphatic heterocycles. The third kappa shape index (κ3) is 4.30. The first-order valence-corrected chi connectivity index (χ1v) is 13.5. The molecule has 0 radical (unpaired) electrons. The van der Waals surface area contributed by atoms with E-state index in [1.54, 1.807) is 14.1 Å². The number of carbonyl (C=O) groups is 3. The summed E-state index contributed by atoms with van der Waals surface area (Å²) < 4.78 is 0. The molecule has 1 saturated carbocycles. The van der Waals surface area contributed by atoms with Gasteiger partial charge in [-0.15, -0.1) is 0 Å². The summed E-state index contributed by atoms with van der Waals surface area (Å²) in [7, 11) is 6.89. The maximum atomic E-state index is 14.0. The van der Waals surface area contributed by atoms with Crippen LogP contribution < -0.4 is 10.6 Å². The van der Waals surface area contributed by atoms with Crippen LogP contribution in [0.4, 0.5) is 5.69 Å². The van der Waals surface area contributed by atoms with Crippen LogP contribution in [-0.2, 0) is 27.2 Å². The Kier molecular flexibility index (Phi) is 7.57. The van der Waals surface area contributed by atoms with E-state index < -0.39 is 58.0 Å². The lowest BCUT2D eigenvalue weighted by atomic mass is 9.57. The van der Waals surface area contributed by atoms with Crippen LogP contribution in [0.3, 0.4) is 0 Å². The summed E-state index contributed by atoms with van der Waals surface area (Å²) in [6.45, 7) is 2.11. The quantitative estimate of drug-likeness (QED) is 0.245. The zero-order chi connectivity index (χ0) is 29.0. The second-order valence-electron chi connectivity index (χ2n) is 11.4. The van der Waals surface area contributed by atoms with Crippen molar-refractivity contribution in [3.05, 3.63) is 39.7 Å². The number of likely N-dealkylation sites (N-methyl/N-ethyl adjacent to an activating group) is 1. The summed E-state index contributed by atoms with van der Waals surface area (Å²) in [5, 5.41) is 45.6. The maximum absolute atomic E-state index is 14.0. The van der Waals surface area contributed by atoms with Crippen molar-refractivity contribution in [1.82, 2.24) is 4.90 Å². The highest BCUT2D eigenvalue weighted by Crippen LogP contribution is 2.54. The first-order valence-electron chi connectivity index (χ1n) is 13.5. The van der Waals surface area contributed by atoms with E-state index in [9.17, 15) is 34.8 Å². The topological polar surface area (TPSA) is 165 Å². The molecule has 0 unspecified atom stereocenters. The highest BCUT2D eigenvalue weighted by molar-refractivity contribution is 6.24. The Morgan fingerprint density at radius 3 is 2.33 bits per heavy atom. The Bertz CT molecular complexity index is 1300. The Morgan fingerprint density at radius 1 is 1.10 bits per heavy atom. The number of aliphatic hydroxyl groups is 3. The van der Waals surface area contributed by atoms with E-state index in [1.807, 2.05) is 25.1 Å². The van der Waals surface area contributed by atoms with E-state index in [0.717, 1.165) is 31.4 Å². The van der Waals surface area contributed by atoms with Gasteiger partial charge in [0, 0.05) is 31.3 Å². The highest BCUT2D eigenvalue weighted by Gasteiger charge is 2.64. The molecule has 1 aromatic carbocycles. The molecule has 3 aliphatic rings. The number of primary amides is 1. The molecule has 0 aromatic heterocycles. The van der Waals surface area contributed by atoms with Crippen molar-refractivity contribution in [2.45, 2.75) is 63.5 Å². The second-order valence-corrected chi connectivity index (χ2v) is 11.4. The van der Waals surface area contributed by atoms with Crippen molar-refractivity contribution < 1.29 is 34.8 Å². The van der Waals surface area contributed by atoms with Gasteiger partial charge in [0.15, 0.2) is 11.4 Å². The van der Waals surface area contributed by atoms with E-state index in [-0.39, 0.29) is 29.7 Å². The van der Waals surface area contributed by atoms with E-state index in [2.05, 4.69) is 6.92 Å². The van der Waals surface area contributed by atoms with E-state index >= 15 is 0 Å². The number of rotatable bonds is 8. The summed E-state index contributed by atoms with van der Waals surface area (Å²) in [6, 6.07) is 0.814. The predicted molar refractivity (Wildman–Crippen MR) is 146 cm³/mol. The van der Waals surface area contributed by atoms with Crippen LogP contribution >= 0.6 is 0 Å². The van der Waals surface area contributed by atoms with Crippen LogP contribution in [0.5, 0.6) is 5.75 Å². The molecule has 1 amide bonds. The number of unbranched alkanes of at least 4 members (excludes halogenated alkanes) is 3. The number of nitrogens with zero attached hydrogens (tertiary/aromatic N) is 2. The van der Waals surface area contributed by atoms with Crippen LogP contribution in [0.1, 0.15) is 55.7 Å². The number of hydrogen-bond acceptors (Lipinski definition) is 9. The Labute approximate surface area is 228 Å². The third-order valence-electron chi connectivity index (χ3n) is 8.56. The standard InChI is InChI=1S/C29H39N3O7/c1-6-7-8-9-10-14-13-18(31(2)3)16-11-15-12-17-22(32(4)5)25(35)21(28(30)38)27(37)29(17,39)26(36)19(15)24(34)20(16)23(14)33/h13,15,17,22,33-34,37,39H,6-12H2,1-5H3,(H2,30,38)/t15-,17-,22-,29+/m1/s1. The first kappa shape index (κ1) is 28.6. The van der Waals surface area contributed by atoms with Crippen LogP contribution in [0.15, 0.2) is 23.0 Å². The number of aromatic hydroxyl groups is 1. The highest BCUT2D eigenvalue weighted by atomic mass is 16.3. The normalized spacial score (nSPS) is 26.5. The molecular weight excluding hydrogens is 502 g/mol. The molecule has 0 saturated heterocycles. The van der Waals surface area contributed by atoms with Gasteiger partial charge in [-0.25, -0.2) is 0 Å². The molecule has 0 heterocycles. The monoisotopic (exact) mass is 541 g/mol. The van der Waals surface area contributed by atoms with Crippen molar-refractivity contribution in [2.24, 2.45) is 17.6 Å². The summed E-state index contributed by atoms with van der Waals surface area (Å²) in [4.78, 5) is 42.7. The number of hydrogen-bond donors (Lipinski definition) is 5. The molecular formula is C29H39N3O7. The number of Topliss-reactive ketones (excluding diaryl/α,β-unsaturated/α-hetero) is 2. The fraction of sp³-hybridized carbons (Fsp3) is 0.552. The number of fused-ring (bicyclic) bond motifs is 3. The van der Waals surface area contributed by atoms with Crippen molar-refractivity contribution in [3.8, 4) is 5.75 Å². The number of aryl methyl sites for hydroxylation is 1. The van der Waals surface area contributed by atoms with Gasteiger partial charge in [0.2, 0.25) is 5.78 Å². The van der Waals surface area contributed by atoms with Gasteiger partial charge in [-0.1, -0.05) is 26.2 Å². The smallest absolute Gasteiger partial charge is 0.255 e. The van der Waals surface area contributed by atoms with Gasteiger partial charge in [0.25, 0.3) is 5.91 Å². The average Bonchev–Trinajstić information content (AvgIpc) is 2.84. The van der Waals surface area contributed by atoms with Crippen molar-refractivity contribution in [3.63, 3.8) is 0 Å². The largest absolute Gasteiger partial charge is 0.508 e. The molecule has 4 atom stereocenters. The lowest BCUT2D eigenvalue weighted by molar-refractivity contribution is -0.153. The molecule has 6 N–H and O–H groups in total. The minimum absolute atomic E-state index is 0.0676. The van der Waals surface area contributed by atoms with Gasteiger partial charge in [-0.2, -0.15) is 0 Å². The van der Waals surface area contributed by atoms with Crippen molar-refractivity contribution in [2.75, 3.05) is 33.1 Å². The fourth-order valence-electron chi connectivity index (χ4n) is 6.68. The van der Waals surface area contributed by atoms with Crippen LogP contribution in [0.2, 0.25) is 0 Å². The molecule has 3 aliphatic carbocycles. The van der Waals surface area contributed by atoms with Crippen molar-refractivity contribution in [1.29, 1.82) is 0 Å². The summed E-state index contributed by atoms with van der Waals surface area (Å²) >= 11 is 0. The Balaban J connectivity index is 1.92. The number of amides is 1. The molecule has 0 spiro atoms. The number of nitrogens with two attached hydrogens (primary N) is 1. The number of aliphatic hydroxyl groups excluding tert-OH is 2. The van der Waals surface area contributed by atoms with Gasteiger partial charge < -0.3 is 31.1 Å². The lowest BCUT2D eigenvalue weighted by Gasteiger charge is -2.50. The molecule has 10 heteroatoms. The van der Waals surface area contributed by atoms with Gasteiger partial charge in [-0.05, 0) is 62.9 Å². The van der Waals surface area contributed by atoms with E-state index in [0.29, 0.717) is 17.5 Å².